The number of hydrogen-bond donors (Lipinski definition) is 1. The van der Waals surface area contributed by atoms with Crippen molar-refractivity contribution in [1.29, 1.82) is 0 Å². The van der Waals surface area contributed by atoms with Crippen molar-refractivity contribution in [2.24, 2.45) is 5.92 Å². The molecule has 1 heterocycles. The third-order valence-corrected chi connectivity index (χ3v) is 5.17. The number of amides is 1. The van der Waals surface area contributed by atoms with Gasteiger partial charge in [0.1, 0.15) is 18.0 Å². The Morgan fingerprint density at radius 1 is 1.29 bits per heavy atom. The van der Waals surface area contributed by atoms with Crippen molar-refractivity contribution in [2.75, 3.05) is 26.9 Å². The van der Waals surface area contributed by atoms with Crippen LogP contribution in [0.25, 0.3) is 0 Å². The van der Waals surface area contributed by atoms with Crippen LogP contribution in [-0.2, 0) is 15.1 Å². The Balaban J connectivity index is 1.66. The molecule has 1 aliphatic heterocycles. The van der Waals surface area contributed by atoms with Crippen molar-refractivity contribution in [1.82, 2.24) is 4.90 Å². The van der Waals surface area contributed by atoms with Crippen LogP contribution in [0.2, 0.25) is 0 Å². The average Bonchev–Trinajstić information content (AvgIpc) is 3.26. The molecule has 24 heavy (non-hydrogen) atoms. The van der Waals surface area contributed by atoms with E-state index in [1.807, 2.05) is 24.3 Å². The van der Waals surface area contributed by atoms with Crippen LogP contribution in [0.3, 0.4) is 0 Å². The molecule has 1 aliphatic carbocycles. The summed E-state index contributed by atoms with van der Waals surface area (Å²) >= 11 is 0. The van der Waals surface area contributed by atoms with E-state index in [0.29, 0.717) is 19.1 Å². The van der Waals surface area contributed by atoms with E-state index < -0.39 is 5.60 Å². The second-order valence-corrected chi connectivity index (χ2v) is 7.08. The van der Waals surface area contributed by atoms with Gasteiger partial charge in [0.05, 0.1) is 19.8 Å². The van der Waals surface area contributed by atoms with Crippen LogP contribution in [0, 0.1) is 5.92 Å². The maximum Gasteiger partial charge on any atom is 0.248 e. The number of rotatable bonds is 7. The zero-order chi connectivity index (χ0) is 17.2. The number of methoxy groups -OCH3 is 1. The van der Waals surface area contributed by atoms with Gasteiger partial charge in [-0.3, -0.25) is 4.79 Å². The molecule has 1 saturated carbocycles. The second kappa shape index (κ2) is 7.11. The van der Waals surface area contributed by atoms with E-state index in [-0.39, 0.29) is 18.6 Å². The monoisotopic (exact) mass is 333 g/mol. The summed E-state index contributed by atoms with van der Waals surface area (Å²) in [6.07, 6.45) is 4.14. The standard InChI is InChI=1S/C19H27NO4/c1-19(22,15-7-9-16(23-2)10-8-15)17-4-3-11-20(17)18(21)13-24-12-14-5-6-14/h7-10,14,17,22H,3-6,11-13H2,1-2H3/t17-,19+/m0/s1. The largest absolute Gasteiger partial charge is 0.497 e. The van der Waals surface area contributed by atoms with Crippen LogP contribution < -0.4 is 4.74 Å². The summed E-state index contributed by atoms with van der Waals surface area (Å²) in [5, 5.41) is 11.1. The lowest BCUT2D eigenvalue weighted by Gasteiger charge is -2.37. The Bertz CT molecular complexity index is 565. The van der Waals surface area contributed by atoms with Crippen LogP contribution in [0.4, 0.5) is 0 Å². The van der Waals surface area contributed by atoms with Crippen LogP contribution in [0.5, 0.6) is 5.75 Å². The smallest absolute Gasteiger partial charge is 0.248 e. The molecule has 1 aromatic rings. The molecule has 1 aromatic carbocycles. The van der Waals surface area contributed by atoms with Crippen molar-refractivity contribution >= 4 is 5.91 Å². The molecule has 2 atom stereocenters. The molecule has 3 rings (SSSR count). The van der Waals surface area contributed by atoms with Crippen molar-refractivity contribution in [3.05, 3.63) is 29.8 Å². The van der Waals surface area contributed by atoms with Gasteiger partial charge in [-0.15, -0.1) is 0 Å². The Hall–Kier alpha value is -1.59. The topological polar surface area (TPSA) is 59.0 Å². The number of nitrogens with zero attached hydrogens (tertiary/aromatic N) is 1. The summed E-state index contributed by atoms with van der Waals surface area (Å²) in [6, 6.07) is 7.18. The molecular formula is C19H27NO4. The molecule has 2 fully saturated rings. The van der Waals surface area contributed by atoms with Gasteiger partial charge in [-0.05, 0) is 56.2 Å². The lowest BCUT2D eigenvalue weighted by Crippen LogP contribution is -2.49. The minimum absolute atomic E-state index is 0.0214. The first kappa shape index (κ1) is 17.2. The molecule has 5 heteroatoms. The Kier molecular flexibility index (Phi) is 5.11. The van der Waals surface area contributed by atoms with Gasteiger partial charge in [0.15, 0.2) is 0 Å². The SMILES string of the molecule is COc1ccc([C@@](C)(O)[C@@H]2CCCN2C(=O)COCC2CC2)cc1. The van der Waals surface area contributed by atoms with Gasteiger partial charge in [0.2, 0.25) is 5.91 Å². The highest BCUT2D eigenvalue weighted by Crippen LogP contribution is 2.35. The molecule has 2 aliphatic rings. The molecule has 0 radical (unpaired) electrons. The fraction of sp³-hybridized carbons (Fsp3) is 0.632. The summed E-state index contributed by atoms with van der Waals surface area (Å²) in [4.78, 5) is 14.3. The quantitative estimate of drug-likeness (QED) is 0.832. The van der Waals surface area contributed by atoms with Crippen molar-refractivity contribution in [2.45, 2.75) is 44.2 Å². The Morgan fingerprint density at radius 2 is 2.00 bits per heavy atom. The first-order chi connectivity index (χ1) is 11.5. The number of aliphatic hydroxyl groups is 1. The van der Waals surface area contributed by atoms with E-state index >= 15 is 0 Å². The molecular weight excluding hydrogens is 306 g/mol. The first-order valence-corrected chi connectivity index (χ1v) is 8.76. The van der Waals surface area contributed by atoms with Crippen LogP contribution in [-0.4, -0.2) is 48.8 Å². The van der Waals surface area contributed by atoms with Crippen molar-refractivity contribution in [3.8, 4) is 5.75 Å². The maximum atomic E-state index is 12.5. The summed E-state index contributed by atoms with van der Waals surface area (Å²) < 4.78 is 10.7. The van der Waals surface area contributed by atoms with E-state index in [1.165, 1.54) is 12.8 Å². The predicted molar refractivity (Wildman–Crippen MR) is 90.8 cm³/mol. The molecule has 0 spiro atoms. The lowest BCUT2D eigenvalue weighted by molar-refractivity contribution is -0.142. The minimum atomic E-state index is -1.09. The molecule has 132 valence electrons. The highest BCUT2D eigenvalue weighted by Gasteiger charge is 2.42. The van der Waals surface area contributed by atoms with Gasteiger partial charge in [-0.2, -0.15) is 0 Å². The van der Waals surface area contributed by atoms with Crippen molar-refractivity contribution in [3.63, 3.8) is 0 Å². The molecule has 1 saturated heterocycles. The van der Waals surface area contributed by atoms with E-state index in [1.54, 1.807) is 18.9 Å². The summed E-state index contributed by atoms with van der Waals surface area (Å²) in [5.74, 6) is 1.38. The van der Waals surface area contributed by atoms with Gasteiger partial charge >= 0.3 is 0 Å². The number of ether oxygens (including phenoxy) is 2. The number of carbonyl (C=O) groups is 1. The molecule has 5 nitrogen and oxygen atoms in total. The third-order valence-electron chi connectivity index (χ3n) is 5.17. The summed E-state index contributed by atoms with van der Waals surface area (Å²) in [5.41, 5.74) is -0.290. The van der Waals surface area contributed by atoms with Gasteiger partial charge < -0.3 is 19.5 Å². The van der Waals surface area contributed by atoms with Gasteiger partial charge in [0, 0.05) is 6.54 Å². The predicted octanol–water partition coefficient (Wildman–Crippen LogP) is 2.32. The van der Waals surface area contributed by atoms with Crippen molar-refractivity contribution < 1.29 is 19.4 Å². The zero-order valence-electron chi connectivity index (χ0n) is 14.5. The molecule has 0 aromatic heterocycles. The number of carbonyl (C=O) groups excluding carboxylic acids is 1. The zero-order valence-corrected chi connectivity index (χ0v) is 14.5. The molecule has 1 N–H and O–H groups in total. The number of benzene rings is 1. The summed E-state index contributed by atoms with van der Waals surface area (Å²) in [7, 11) is 1.62. The van der Waals surface area contributed by atoms with Gasteiger partial charge in [0.25, 0.3) is 0 Å². The second-order valence-electron chi connectivity index (χ2n) is 7.08. The summed E-state index contributed by atoms with van der Waals surface area (Å²) in [6.45, 7) is 3.27. The number of likely N-dealkylation sites (tertiary alicyclic amines) is 1. The minimum Gasteiger partial charge on any atom is -0.497 e. The number of hydrogen-bond acceptors (Lipinski definition) is 4. The van der Waals surface area contributed by atoms with Crippen LogP contribution >= 0.6 is 0 Å². The van der Waals surface area contributed by atoms with E-state index in [2.05, 4.69) is 0 Å². The first-order valence-electron chi connectivity index (χ1n) is 8.76. The van der Waals surface area contributed by atoms with Crippen LogP contribution in [0.1, 0.15) is 38.2 Å². The van der Waals surface area contributed by atoms with E-state index in [4.69, 9.17) is 9.47 Å². The van der Waals surface area contributed by atoms with Gasteiger partial charge in [-0.1, -0.05) is 12.1 Å². The lowest BCUT2D eigenvalue weighted by atomic mass is 9.86. The normalized spacial score (nSPS) is 23.1. The highest BCUT2D eigenvalue weighted by atomic mass is 16.5. The third kappa shape index (κ3) is 3.73. The van der Waals surface area contributed by atoms with Crippen LogP contribution in [0.15, 0.2) is 24.3 Å². The van der Waals surface area contributed by atoms with E-state index in [0.717, 1.165) is 24.2 Å². The fourth-order valence-corrected chi connectivity index (χ4v) is 3.45. The Morgan fingerprint density at radius 3 is 2.62 bits per heavy atom. The highest BCUT2D eigenvalue weighted by molar-refractivity contribution is 5.78. The fourth-order valence-electron chi connectivity index (χ4n) is 3.45. The maximum absolute atomic E-state index is 12.5. The van der Waals surface area contributed by atoms with E-state index in [9.17, 15) is 9.90 Å². The van der Waals surface area contributed by atoms with Gasteiger partial charge in [-0.25, -0.2) is 0 Å². The molecule has 0 bridgehead atoms. The molecule has 0 unspecified atom stereocenters. The Labute approximate surface area is 143 Å². The average molecular weight is 333 g/mol. The molecule has 1 amide bonds.